The Hall–Kier alpha value is -1.10. The molecular weight excluding hydrogens is 300 g/mol. The highest BCUT2D eigenvalue weighted by molar-refractivity contribution is 6.31. The Morgan fingerprint density at radius 2 is 2.00 bits per heavy atom. The number of benzene rings is 1. The first-order chi connectivity index (χ1) is 10.7. The Kier molecular flexibility index (Phi) is 9.13. The summed E-state index contributed by atoms with van der Waals surface area (Å²) in [6.45, 7) is 11.2. The highest BCUT2D eigenvalue weighted by Gasteiger charge is 2.10. The fourth-order valence-corrected chi connectivity index (χ4v) is 2.33. The van der Waals surface area contributed by atoms with E-state index in [-0.39, 0.29) is 5.91 Å². The molecule has 0 unspecified atom stereocenters. The van der Waals surface area contributed by atoms with Crippen LogP contribution in [-0.4, -0.2) is 50.2 Å². The van der Waals surface area contributed by atoms with Gasteiger partial charge in [0.15, 0.2) is 0 Å². The van der Waals surface area contributed by atoms with Gasteiger partial charge in [0.05, 0.1) is 13.2 Å². The van der Waals surface area contributed by atoms with E-state index < -0.39 is 0 Å². The van der Waals surface area contributed by atoms with Crippen LogP contribution in [0.4, 0.5) is 0 Å². The van der Waals surface area contributed by atoms with E-state index in [1.165, 1.54) is 0 Å². The molecule has 0 aliphatic carbocycles. The normalized spacial score (nSPS) is 14.9. The zero-order valence-electron chi connectivity index (χ0n) is 13.8. The maximum atomic E-state index is 12.0. The fraction of sp³-hybridized carbons (Fsp3) is 0.588. The van der Waals surface area contributed by atoms with Crippen LogP contribution in [-0.2, 0) is 4.74 Å². The lowest BCUT2D eigenvalue weighted by atomic mass is 10.1. The van der Waals surface area contributed by atoms with E-state index in [0.29, 0.717) is 17.1 Å². The standard InChI is InChI=1S/C15H21ClN2O2.C2H6/c1-12-11-13(3-4-14(12)16)15(19)17-5-2-6-18-7-9-20-10-8-18;1-2/h3-4,11H,2,5-10H2,1H3,(H,17,19);1-2H3. The van der Waals surface area contributed by atoms with E-state index in [2.05, 4.69) is 10.2 Å². The van der Waals surface area contributed by atoms with E-state index in [1.54, 1.807) is 12.1 Å². The molecule has 124 valence electrons. The molecule has 0 spiro atoms. The average Bonchev–Trinajstić information content (AvgIpc) is 2.57. The lowest BCUT2D eigenvalue weighted by Crippen LogP contribution is -2.38. The van der Waals surface area contributed by atoms with Crippen molar-refractivity contribution in [1.29, 1.82) is 0 Å². The smallest absolute Gasteiger partial charge is 0.251 e. The van der Waals surface area contributed by atoms with Gasteiger partial charge in [0, 0.05) is 30.2 Å². The van der Waals surface area contributed by atoms with Gasteiger partial charge in [-0.1, -0.05) is 25.4 Å². The summed E-state index contributed by atoms with van der Waals surface area (Å²) in [5.74, 6) is -0.0354. The van der Waals surface area contributed by atoms with Crippen molar-refractivity contribution in [2.24, 2.45) is 0 Å². The number of ether oxygens (including phenoxy) is 1. The Morgan fingerprint density at radius 1 is 1.32 bits per heavy atom. The van der Waals surface area contributed by atoms with Crippen LogP contribution in [0, 0.1) is 6.92 Å². The van der Waals surface area contributed by atoms with Gasteiger partial charge in [0.2, 0.25) is 0 Å². The van der Waals surface area contributed by atoms with Gasteiger partial charge < -0.3 is 10.1 Å². The number of amides is 1. The summed E-state index contributed by atoms with van der Waals surface area (Å²) in [7, 11) is 0. The van der Waals surface area contributed by atoms with Crippen molar-refractivity contribution in [3.05, 3.63) is 34.3 Å². The molecule has 1 aliphatic heterocycles. The molecule has 0 radical (unpaired) electrons. The molecule has 1 aliphatic rings. The van der Waals surface area contributed by atoms with Gasteiger partial charge in [-0.25, -0.2) is 0 Å². The van der Waals surface area contributed by atoms with Gasteiger partial charge in [0.1, 0.15) is 0 Å². The summed E-state index contributed by atoms with van der Waals surface area (Å²) in [5, 5.41) is 3.63. The number of rotatable bonds is 5. The van der Waals surface area contributed by atoms with Gasteiger partial charge in [-0.3, -0.25) is 9.69 Å². The minimum Gasteiger partial charge on any atom is -0.379 e. The number of hydrogen-bond acceptors (Lipinski definition) is 3. The molecule has 1 N–H and O–H groups in total. The first-order valence-corrected chi connectivity index (χ1v) is 8.39. The molecule has 1 saturated heterocycles. The van der Waals surface area contributed by atoms with Crippen LogP contribution in [0.1, 0.15) is 36.2 Å². The summed E-state index contributed by atoms with van der Waals surface area (Å²) in [6.07, 6.45) is 0.957. The zero-order chi connectivity index (χ0) is 16.4. The molecule has 4 nitrogen and oxygen atoms in total. The van der Waals surface area contributed by atoms with E-state index in [4.69, 9.17) is 16.3 Å². The van der Waals surface area contributed by atoms with Crippen molar-refractivity contribution in [1.82, 2.24) is 10.2 Å². The predicted octanol–water partition coefficient (Wildman–Crippen LogP) is 3.13. The topological polar surface area (TPSA) is 41.6 Å². The average molecular weight is 327 g/mol. The van der Waals surface area contributed by atoms with Crippen LogP contribution in [0.15, 0.2) is 18.2 Å². The number of morpholine rings is 1. The van der Waals surface area contributed by atoms with Crippen LogP contribution >= 0.6 is 11.6 Å². The molecule has 0 aromatic heterocycles. The highest BCUT2D eigenvalue weighted by Crippen LogP contribution is 2.16. The van der Waals surface area contributed by atoms with Gasteiger partial charge in [-0.15, -0.1) is 0 Å². The molecule has 1 aromatic carbocycles. The molecule has 22 heavy (non-hydrogen) atoms. The number of carbonyl (C=O) groups is 1. The lowest BCUT2D eigenvalue weighted by Gasteiger charge is -2.26. The molecule has 1 heterocycles. The maximum absolute atomic E-state index is 12.0. The maximum Gasteiger partial charge on any atom is 0.251 e. The van der Waals surface area contributed by atoms with Gasteiger partial charge >= 0.3 is 0 Å². The third kappa shape index (κ3) is 6.34. The number of nitrogens with one attached hydrogen (secondary N) is 1. The van der Waals surface area contributed by atoms with Crippen LogP contribution < -0.4 is 5.32 Å². The Bertz CT molecular complexity index is 460. The van der Waals surface area contributed by atoms with E-state index in [9.17, 15) is 4.79 Å². The second kappa shape index (κ2) is 10.6. The molecule has 0 atom stereocenters. The predicted molar refractivity (Wildman–Crippen MR) is 91.7 cm³/mol. The highest BCUT2D eigenvalue weighted by atomic mass is 35.5. The first kappa shape index (κ1) is 18.9. The molecule has 0 bridgehead atoms. The third-order valence-corrected chi connectivity index (χ3v) is 3.88. The first-order valence-electron chi connectivity index (χ1n) is 8.01. The Balaban J connectivity index is 0.00000116. The molecule has 1 amide bonds. The second-order valence-electron chi connectivity index (χ2n) is 5.03. The summed E-state index contributed by atoms with van der Waals surface area (Å²) < 4.78 is 5.30. The number of halogens is 1. The van der Waals surface area contributed by atoms with Crippen LogP contribution in [0.5, 0.6) is 0 Å². The summed E-state index contributed by atoms with van der Waals surface area (Å²) in [6, 6.07) is 5.34. The van der Waals surface area contributed by atoms with E-state index in [0.717, 1.165) is 44.8 Å². The fourth-order valence-electron chi connectivity index (χ4n) is 2.22. The van der Waals surface area contributed by atoms with Gasteiger partial charge in [0.25, 0.3) is 5.91 Å². The number of nitrogens with zero attached hydrogens (tertiary/aromatic N) is 1. The molecule has 0 saturated carbocycles. The van der Waals surface area contributed by atoms with Crippen molar-refractivity contribution >= 4 is 17.5 Å². The Labute approximate surface area is 138 Å². The van der Waals surface area contributed by atoms with Gasteiger partial charge in [-0.05, 0) is 43.7 Å². The Morgan fingerprint density at radius 3 is 2.64 bits per heavy atom. The second-order valence-corrected chi connectivity index (χ2v) is 5.43. The number of aryl methyl sites for hydroxylation is 1. The zero-order valence-corrected chi connectivity index (χ0v) is 14.6. The molecule has 1 aromatic rings. The van der Waals surface area contributed by atoms with Crippen molar-refractivity contribution in [3.8, 4) is 0 Å². The summed E-state index contributed by atoms with van der Waals surface area (Å²) >= 11 is 5.95. The monoisotopic (exact) mass is 326 g/mol. The SMILES string of the molecule is CC.Cc1cc(C(=O)NCCCN2CCOCC2)ccc1Cl. The molecule has 2 rings (SSSR count). The van der Waals surface area contributed by atoms with Crippen molar-refractivity contribution in [2.75, 3.05) is 39.4 Å². The minimum absolute atomic E-state index is 0.0354. The van der Waals surface area contributed by atoms with Gasteiger partial charge in [-0.2, -0.15) is 0 Å². The quantitative estimate of drug-likeness (QED) is 0.845. The number of carbonyl (C=O) groups excluding carboxylic acids is 1. The molecule has 5 heteroatoms. The van der Waals surface area contributed by atoms with E-state index >= 15 is 0 Å². The van der Waals surface area contributed by atoms with Crippen molar-refractivity contribution in [2.45, 2.75) is 27.2 Å². The summed E-state index contributed by atoms with van der Waals surface area (Å²) in [4.78, 5) is 14.3. The largest absolute Gasteiger partial charge is 0.379 e. The third-order valence-electron chi connectivity index (χ3n) is 3.46. The van der Waals surface area contributed by atoms with Crippen molar-refractivity contribution < 1.29 is 9.53 Å². The van der Waals surface area contributed by atoms with Crippen LogP contribution in [0.2, 0.25) is 5.02 Å². The summed E-state index contributed by atoms with van der Waals surface area (Å²) in [5.41, 5.74) is 1.59. The molecule has 1 fully saturated rings. The lowest BCUT2D eigenvalue weighted by molar-refractivity contribution is 0.0374. The number of hydrogen-bond donors (Lipinski definition) is 1. The van der Waals surface area contributed by atoms with Crippen molar-refractivity contribution in [3.63, 3.8) is 0 Å². The minimum atomic E-state index is -0.0354. The molecular formula is C17H27ClN2O2. The van der Waals surface area contributed by atoms with E-state index in [1.807, 2.05) is 26.8 Å². The van der Waals surface area contributed by atoms with Crippen LogP contribution in [0.25, 0.3) is 0 Å². The van der Waals surface area contributed by atoms with Crippen LogP contribution in [0.3, 0.4) is 0 Å².